The maximum absolute atomic E-state index is 14.2. The van der Waals surface area contributed by atoms with E-state index in [0.29, 0.717) is 12.1 Å². The number of fused-ring (bicyclic) bond motifs is 2. The van der Waals surface area contributed by atoms with E-state index in [1.807, 2.05) is 0 Å². The molecule has 4 rings (SSSR count). The van der Waals surface area contributed by atoms with Gasteiger partial charge in [0.2, 0.25) is 11.2 Å². The number of benzene rings is 1. The maximum Gasteiger partial charge on any atom is 0.269 e. The number of amides is 1. The number of nitrogens with two attached hydrogens (primary N) is 1. The van der Waals surface area contributed by atoms with Crippen LogP contribution < -0.4 is 16.4 Å². The number of non-ortho nitro benzene ring substituents is 1. The lowest BCUT2D eigenvalue weighted by atomic mass is 9.77. The minimum atomic E-state index is -0.909. The number of aliphatic hydroxyl groups is 1. The van der Waals surface area contributed by atoms with Crippen LogP contribution in [-0.4, -0.2) is 45.0 Å². The molecular formula is C21H24ClFN6O4. The summed E-state index contributed by atoms with van der Waals surface area (Å²) in [5.41, 5.74) is 6.02. The van der Waals surface area contributed by atoms with E-state index in [2.05, 4.69) is 20.6 Å². The van der Waals surface area contributed by atoms with Crippen molar-refractivity contribution >= 4 is 29.0 Å². The Labute approximate surface area is 193 Å². The summed E-state index contributed by atoms with van der Waals surface area (Å²) in [4.78, 5) is 30.1. The molecular weight excluding hydrogens is 455 g/mol. The van der Waals surface area contributed by atoms with Gasteiger partial charge in [-0.25, -0.2) is 9.37 Å². The minimum absolute atomic E-state index is 0.0445. The highest BCUT2D eigenvalue weighted by Crippen LogP contribution is 2.52. The molecule has 2 fully saturated rings. The fraction of sp³-hybridized carbons (Fsp3) is 0.476. The molecule has 1 aromatic heterocycles. The predicted octanol–water partition coefficient (Wildman–Crippen LogP) is 2.04. The van der Waals surface area contributed by atoms with Crippen LogP contribution in [0.15, 0.2) is 30.5 Å². The van der Waals surface area contributed by atoms with Gasteiger partial charge in [0.05, 0.1) is 23.1 Å². The quantitative estimate of drug-likeness (QED) is 0.242. The first kappa shape index (κ1) is 23.3. The highest BCUT2D eigenvalue weighted by molar-refractivity contribution is 6.28. The number of carbonyl (C=O) groups excluding carboxylic acids is 1. The van der Waals surface area contributed by atoms with E-state index in [9.17, 15) is 24.4 Å². The molecule has 0 aliphatic heterocycles. The summed E-state index contributed by atoms with van der Waals surface area (Å²) in [5, 5.41) is 27.5. The largest absolute Gasteiger partial charge is 0.387 e. The third-order valence-electron chi connectivity index (χ3n) is 6.70. The first-order valence-electron chi connectivity index (χ1n) is 10.6. The van der Waals surface area contributed by atoms with Gasteiger partial charge in [-0.2, -0.15) is 4.98 Å². The molecule has 0 radical (unpaired) electrons. The molecule has 176 valence electrons. The number of carbonyl (C=O) groups is 1. The van der Waals surface area contributed by atoms with Crippen LogP contribution in [0.2, 0.25) is 5.28 Å². The number of nitrogens with zero attached hydrogens (tertiary/aromatic N) is 3. The summed E-state index contributed by atoms with van der Waals surface area (Å²) in [6.07, 6.45) is 1.61. The molecule has 5 N–H and O–H groups in total. The third-order valence-corrected chi connectivity index (χ3v) is 6.88. The second-order valence-corrected chi connectivity index (χ2v) is 8.95. The maximum atomic E-state index is 14.2. The number of anilines is 1. The summed E-state index contributed by atoms with van der Waals surface area (Å²) < 4.78 is 14.2. The van der Waals surface area contributed by atoms with Crippen LogP contribution in [-0.2, 0) is 4.79 Å². The van der Waals surface area contributed by atoms with Crippen LogP contribution in [0.25, 0.3) is 0 Å². The Kier molecular flexibility index (Phi) is 6.73. The molecule has 2 aliphatic rings. The SMILES string of the molecule is NC(=O)[C@H]1[C@H]2C[C@@H](CNCC(O)c3cccc([N+](=O)[O-])c3)[C@@H](C2)[C@H]1Nc1nc(Cl)ncc1F. The van der Waals surface area contributed by atoms with Crippen molar-refractivity contribution in [3.05, 3.63) is 57.2 Å². The Morgan fingerprint density at radius 3 is 2.94 bits per heavy atom. The Balaban J connectivity index is 1.39. The molecule has 33 heavy (non-hydrogen) atoms. The van der Waals surface area contributed by atoms with Crippen molar-refractivity contribution in [2.24, 2.45) is 29.4 Å². The second-order valence-electron chi connectivity index (χ2n) is 8.62. The van der Waals surface area contributed by atoms with Crippen LogP contribution in [0.1, 0.15) is 24.5 Å². The summed E-state index contributed by atoms with van der Waals surface area (Å²) in [7, 11) is 0. The highest BCUT2D eigenvalue weighted by Gasteiger charge is 2.54. The van der Waals surface area contributed by atoms with Crippen LogP contribution in [0.4, 0.5) is 15.9 Å². The van der Waals surface area contributed by atoms with E-state index in [1.165, 1.54) is 18.2 Å². The Hall–Kier alpha value is -2.89. The fourth-order valence-electron chi connectivity index (χ4n) is 5.31. The van der Waals surface area contributed by atoms with Crippen LogP contribution in [0.3, 0.4) is 0 Å². The van der Waals surface area contributed by atoms with Gasteiger partial charge in [-0.1, -0.05) is 12.1 Å². The van der Waals surface area contributed by atoms with Crippen LogP contribution in [0.5, 0.6) is 0 Å². The Morgan fingerprint density at radius 1 is 1.42 bits per heavy atom. The van der Waals surface area contributed by atoms with Gasteiger partial charge in [0.1, 0.15) is 0 Å². The molecule has 1 amide bonds. The van der Waals surface area contributed by atoms with E-state index < -0.39 is 34.7 Å². The van der Waals surface area contributed by atoms with Gasteiger partial charge in [-0.3, -0.25) is 14.9 Å². The standard InChI is InChI=1S/C21H24ClFN6O4/c22-21-26-8-15(23)20(28-21)27-18-14-6-11(17(18)19(24)31)4-12(14)7-25-9-16(30)10-2-1-3-13(5-10)29(32)33/h1-3,5,8,11-12,14,16-18,25,30H,4,6-7,9H2,(H2,24,31)(H,26,27,28)/t11-,12-,14+,16?,17-,18+/m0/s1. The number of primary amides is 1. The van der Waals surface area contributed by atoms with Crippen molar-refractivity contribution in [1.29, 1.82) is 0 Å². The zero-order valence-corrected chi connectivity index (χ0v) is 18.3. The molecule has 12 heteroatoms. The van der Waals surface area contributed by atoms with E-state index in [0.717, 1.165) is 19.0 Å². The molecule has 0 spiro atoms. The topological polar surface area (TPSA) is 156 Å². The minimum Gasteiger partial charge on any atom is -0.387 e. The molecule has 1 unspecified atom stereocenters. The lowest BCUT2D eigenvalue weighted by Crippen LogP contribution is -2.47. The van der Waals surface area contributed by atoms with Crippen molar-refractivity contribution in [2.45, 2.75) is 25.0 Å². The molecule has 2 aliphatic carbocycles. The third kappa shape index (κ3) is 4.90. The fourth-order valence-corrected chi connectivity index (χ4v) is 5.44. The van der Waals surface area contributed by atoms with Gasteiger partial charge < -0.3 is 21.5 Å². The number of aliphatic hydroxyl groups excluding tert-OH is 1. The van der Waals surface area contributed by atoms with E-state index in [1.54, 1.807) is 6.07 Å². The highest BCUT2D eigenvalue weighted by atomic mass is 35.5. The monoisotopic (exact) mass is 478 g/mol. The number of hydrogen-bond acceptors (Lipinski definition) is 8. The molecule has 2 saturated carbocycles. The molecule has 6 atom stereocenters. The first-order chi connectivity index (χ1) is 15.7. The van der Waals surface area contributed by atoms with Gasteiger partial charge in [-0.15, -0.1) is 0 Å². The lowest BCUT2D eigenvalue weighted by molar-refractivity contribution is -0.385. The number of aromatic nitrogens is 2. The smallest absolute Gasteiger partial charge is 0.269 e. The summed E-state index contributed by atoms with van der Waals surface area (Å²) >= 11 is 5.79. The molecule has 1 aromatic carbocycles. The van der Waals surface area contributed by atoms with Crippen molar-refractivity contribution in [1.82, 2.24) is 15.3 Å². The molecule has 2 aromatic rings. The van der Waals surface area contributed by atoms with E-state index >= 15 is 0 Å². The van der Waals surface area contributed by atoms with Gasteiger partial charge in [0.15, 0.2) is 11.6 Å². The lowest BCUT2D eigenvalue weighted by Gasteiger charge is -2.35. The zero-order valence-electron chi connectivity index (χ0n) is 17.5. The summed E-state index contributed by atoms with van der Waals surface area (Å²) in [6.45, 7) is 0.770. The normalized spacial score (nSPS) is 26.8. The number of nitro benzene ring substituents is 1. The van der Waals surface area contributed by atoms with Gasteiger partial charge in [-0.05, 0) is 54.3 Å². The van der Waals surface area contributed by atoms with Gasteiger partial charge in [0, 0.05) is 24.7 Å². The predicted molar refractivity (Wildman–Crippen MR) is 118 cm³/mol. The Morgan fingerprint density at radius 2 is 2.21 bits per heavy atom. The number of halogens is 2. The van der Waals surface area contributed by atoms with E-state index in [4.69, 9.17) is 17.3 Å². The first-order valence-corrected chi connectivity index (χ1v) is 11.0. The molecule has 10 nitrogen and oxygen atoms in total. The van der Waals surface area contributed by atoms with Gasteiger partial charge in [0.25, 0.3) is 5.69 Å². The van der Waals surface area contributed by atoms with Gasteiger partial charge >= 0.3 is 0 Å². The summed E-state index contributed by atoms with van der Waals surface area (Å²) in [6, 6.07) is 5.49. The molecule has 1 heterocycles. The van der Waals surface area contributed by atoms with Crippen molar-refractivity contribution in [2.75, 3.05) is 18.4 Å². The molecule has 0 saturated heterocycles. The van der Waals surface area contributed by atoms with Crippen LogP contribution in [0, 0.1) is 39.6 Å². The van der Waals surface area contributed by atoms with E-state index in [-0.39, 0.29) is 41.1 Å². The second kappa shape index (κ2) is 9.54. The number of rotatable bonds is 9. The number of nitrogens with one attached hydrogen (secondary N) is 2. The van der Waals surface area contributed by atoms with Crippen molar-refractivity contribution in [3.63, 3.8) is 0 Å². The molecule has 2 bridgehead atoms. The van der Waals surface area contributed by atoms with Crippen molar-refractivity contribution in [3.8, 4) is 0 Å². The summed E-state index contributed by atoms with van der Waals surface area (Å²) in [5.74, 6) is -1.34. The van der Waals surface area contributed by atoms with Crippen LogP contribution >= 0.6 is 11.6 Å². The average molecular weight is 479 g/mol. The Bertz CT molecular complexity index is 1060. The average Bonchev–Trinajstić information content (AvgIpc) is 3.34. The zero-order chi connectivity index (χ0) is 23.7. The van der Waals surface area contributed by atoms with Crippen molar-refractivity contribution < 1.29 is 19.2 Å². The number of nitro groups is 1. The number of hydrogen-bond donors (Lipinski definition) is 4.